The Bertz CT molecular complexity index is 333. The van der Waals surface area contributed by atoms with Crippen LogP contribution in [-0.2, 0) is 12.3 Å². The molecule has 17 heavy (non-hydrogen) atoms. The summed E-state index contributed by atoms with van der Waals surface area (Å²) in [4.78, 5) is 0. The second-order valence-corrected chi connectivity index (χ2v) is 6.51. The van der Waals surface area contributed by atoms with Gasteiger partial charge in [-0.2, -0.15) is 11.8 Å². The van der Waals surface area contributed by atoms with Crippen molar-refractivity contribution in [2.24, 2.45) is 11.7 Å². The summed E-state index contributed by atoms with van der Waals surface area (Å²) in [6.45, 7) is 3.04. The van der Waals surface area contributed by atoms with E-state index in [1.807, 2.05) is 0 Å². The molecule has 1 aliphatic carbocycles. The van der Waals surface area contributed by atoms with Crippen LogP contribution in [0.3, 0.4) is 0 Å². The van der Waals surface area contributed by atoms with Gasteiger partial charge in [-0.1, -0.05) is 44.0 Å². The zero-order valence-corrected chi connectivity index (χ0v) is 11.5. The van der Waals surface area contributed by atoms with Crippen LogP contribution in [0.1, 0.15) is 43.7 Å². The highest BCUT2D eigenvalue weighted by Gasteiger charge is 2.18. The number of hydrogen-bond acceptors (Lipinski definition) is 2. The highest BCUT2D eigenvalue weighted by molar-refractivity contribution is 7.99. The summed E-state index contributed by atoms with van der Waals surface area (Å²) < 4.78 is 0. The maximum absolute atomic E-state index is 5.60. The molecule has 1 nitrogen and oxygen atoms in total. The molecule has 2 rings (SSSR count). The Morgan fingerprint density at radius 1 is 1.18 bits per heavy atom. The maximum atomic E-state index is 5.60. The molecular weight excluding hydrogens is 226 g/mol. The average Bonchev–Trinajstić information content (AvgIpc) is 2.37. The second-order valence-electron chi connectivity index (χ2n) is 5.23. The van der Waals surface area contributed by atoms with Gasteiger partial charge < -0.3 is 5.73 Å². The fraction of sp³-hybridized carbons (Fsp3) is 0.600. The minimum absolute atomic E-state index is 0.646. The number of rotatable bonds is 4. The molecule has 2 atom stereocenters. The summed E-state index contributed by atoms with van der Waals surface area (Å²) in [5, 5.41) is 0.882. The smallest absolute Gasteiger partial charge is 0.0187 e. The Morgan fingerprint density at radius 3 is 2.53 bits per heavy atom. The van der Waals surface area contributed by atoms with Crippen molar-refractivity contribution in [1.29, 1.82) is 0 Å². The van der Waals surface area contributed by atoms with Crippen LogP contribution in [0.25, 0.3) is 0 Å². The Morgan fingerprint density at radius 2 is 1.88 bits per heavy atom. The van der Waals surface area contributed by atoms with Crippen LogP contribution in [0.5, 0.6) is 0 Å². The van der Waals surface area contributed by atoms with Crippen LogP contribution < -0.4 is 5.73 Å². The predicted octanol–water partition coefficient (Wildman–Crippen LogP) is 3.96. The van der Waals surface area contributed by atoms with Crippen LogP contribution in [0.4, 0.5) is 0 Å². The maximum Gasteiger partial charge on any atom is 0.0187 e. The van der Waals surface area contributed by atoms with E-state index < -0.39 is 0 Å². The molecule has 0 amide bonds. The van der Waals surface area contributed by atoms with Crippen LogP contribution >= 0.6 is 11.8 Å². The summed E-state index contributed by atoms with van der Waals surface area (Å²) in [7, 11) is 0. The third kappa shape index (κ3) is 4.04. The van der Waals surface area contributed by atoms with Gasteiger partial charge >= 0.3 is 0 Å². The van der Waals surface area contributed by atoms with Gasteiger partial charge in [0.1, 0.15) is 0 Å². The number of hydrogen-bond donors (Lipinski definition) is 1. The van der Waals surface area contributed by atoms with Crippen LogP contribution in [0.15, 0.2) is 24.3 Å². The van der Waals surface area contributed by atoms with Crippen LogP contribution in [0, 0.1) is 5.92 Å². The van der Waals surface area contributed by atoms with Crippen LogP contribution in [0.2, 0.25) is 0 Å². The first kappa shape index (κ1) is 13.0. The van der Waals surface area contributed by atoms with E-state index in [2.05, 4.69) is 43.0 Å². The molecule has 0 radical (unpaired) electrons. The quantitative estimate of drug-likeness (QED) is 0.874. The first-order valence-corrected chi connectivity index (χ1v) is 7.72. The first-order chi connectivity index (χ1) is 8.28. The van der Waals surface area contributed by atoms with Gasteiger partial charge in [0.2, 0.25) is 0 Å². The number of thioether (sulfide) groups is 1. The zero-order valence-electron chi connectivity index (χ0n) is 10.7. The van der Waals surface area contributed by atoms with Gasteiger partial charge in [-0.25, -0.2) is 0 Å². The lowest BCUT2D eigenvalue weighted by atomic mass is 9.91. The Kier molecular flexibility index (Phi) is 4.93. The van der Waals surface area contributed by atoms with Gasteiger partial charge in [-0.15, -0.1) is 0 Å². The van der Waals surface area contributed by atoms with E-state index >= 15 is 0 Å². The molecule has 0 aliphatic heterocycles. The van der Waals surface area contributed by atoms with Crippen molar-refractivity contribution < 1.29 is 0 Å². The molecule has 0 spiro atoms. The zero-order chi connectivity index (χ0) is 12.1. The molecule has 0 bridgehead atoms. The summed E-state index contributed by atoms with van der Waals surface area (Å²) in [6.07, 6.45) is 5.68. The Hall–Kier alpha value is -0.470. The molecule has 1 saturated carbocycles. The molecule has 1 aromatic carbocycles. The van der Waals surface area contributed by atoms with Crippen molar-refractivity contribution in [3.8, 4) is 0 Å². The van der Waals surface area contributed by atoms with Crippen molar-refractivity contribution in [2.45, 2.75) is 50.2 Å². The molecule has 0 aromatic heterocycles. The molecule has 0 heterocycles. The predicted molar refractivity (Wildman–Crippen MR) is 77.0 cm³/mol. The average molecular weight is 249 g/mol. The second kappa shape index (κ2) is 6.46. The fourth-order valence-corrected chi connectivity index (χ4v) is 3.93. The van der Waals surface area contributed by atoms with Crippen molar-refractivity contribution in [3.63, 3.8) is 0 Å². The highest BCUT2D eigenvalue weighted by atomic mass is 32.2. The van der Waals surface area contributed by atoms with Crippen molar-refractivity contribution in [3.05, 3.63) is 35.4 Å². The normalized spacial score (nSPS) is 24.8. The monoisotopic (exact) mass is 249 g/mol. The molecule has 2 unspecified atom stereocenters. The third-order valence-electron chi connectivity index (χ3n) is 3.63. The van der Waals surface area contributed by atoms with Gasteiger partial charge in [0, 0.05) is 17.5 Å². The molecule has 1 aliphatic rings. The van der Waals surface area contributed by atoms with Gasteiger partial charge in [0.05, 0.1) is 0 Å². The molecule has 2 heteroatoms. The van der Waals surface area contributed by atoms with Crippen molar-refractivity contribution in [1.82, 2.24) is 0 Å². The standard InChI is InChI=1S/C15H23NS/c1-12-3-2-4-15(9-12)17-11-14-7-5-13(10-16)6-8-14/h5-8,12,15H,2-4,9-11,16H2,1H3. The topological polar surface area (TPSA) is 26.0 Å². The van der Waals surface area contributed by atoms with E-state index in [0.29, 0.717) is 6.54 Å². The minimum Gasteiger partial charge on any atom is -0.326 e. The Balaban J connectivity index is 1.80. The summed E-state index contributed by atoms with van der Waals surface area (Å²) in [5.41, 5.74) is 8.26. The summed E-state index contributed by atoms with van der Waals surface area (Å²) in [6, 6.07) is 8.75. The summed E-state index contributed by atoms with van der Waals surface area (Å²) in [5.74, 6) is 2.09. The van der Waals surface area contributed by atoms with Crippen LogP contribution in [-0.4, -0.2) is 5.25 Å². The lowest BCUT2D eigenvalue weighted by Gasteiger charge is -2.26. The third-order valence-corrected chi connectivity index (χ3v) is 5.03. The van der Waals surface area contributed by atoms with Crippen molar-refractivity contribution in [2.75, 3.05) is 0 Å². The molecule has 1 aromatic rings. The molecular formula is C15H23NS. The number of benzene rings is 1. The molecule has 1 fully saturated rings. The largest absolute Gasteiger partial charge is 0.326 e. The summed E-state index contributed by atoms with van der Waals surface area (Å²) >= 11 is 2.14. The van der Waals surface area contributed by atoms with E-state index in [1.165, 1.54) is 36.8 Å². The van der Waals surface area contributed by atoms with E-state index in [1.54, 1.807) is 0 Å². The molecule has 0 saturated heterocycles. The lowest BCUT2D eigenvalue weighted by molar-refractivity contribution is 0.394. The van der Waals surface area contributed by atoms with Gasteiger partial charge in [-0.3, -0.25) is 0 Å². The molecule has 2 N–H and O–H groups in total. The fourth-order valence-electron chi connectivity index (χ4n) is 2.52. The van der Waals surface area contributed by atoms with E-state index in [9.17, 15) is 0 Å². The highest BCUT2D eigenvalue weighted by Crippen LogP contribution is 2.33. The first-order valence-electron chi connectivity index (χ1n) is 6.67. The van der Waals surface area contributed by atoms with Gasteiger partial charge in [-0.05, 0) is 29.9 Å². The minimum atomic E-state index is 0.646. The molecule has 94 valence electrons. The van der Waals surface area contributed by atoms with Gasteiger partial charge in [0.25, 0.3) is 0 Å². The van der Waals surface area contributed by atoms with E-state index in [-0.39, 0.29) is 0 Å². The van der Waals surface area contributed by atoms with Crippen molar-refractivity contribution >= 4 is 11.8 Å². The SMILES string of the molecule is CC1CCCC(SCc2ccc(CN)cc2)C1. The Labute approximate surface area is 109 Å². The van der Waals surface area contributed by atoms with E-state index in [0.717, 1.165) is 16.9 Å². The number of nitrogens with two attached hydrogens (primary N) is 1. The van der Waals surface area contributed by atoms with E-state index in [4.69, 9.17) is 5.73 Å². The lowest BCUT2D eigenvalue weighted by Crippen LogP contribution is -2.15. The van der Waals surface area contributed by atoms with Gasteiger partial charge in [0.15, 0.2) is 0 Å².